The van der Waals surface area contributed by atoms with Crippen LogP contribution in [0.4, 0.5) is 0 Å². The molecule has 1 aromatic heterocycles. The lowest BCUT2D eigenvalue weighted by atomic mass is 10.1. The first-order valence-electron chi connectivity index (χ1n) is 8.43. The van der Waals surface area contributed by atoms with Gasteiger partial charge in [-0.25, -0.2) is 4.98 Å². The van der Waals surface area contributed by atoms with Crippen LogP contribution < -0.4 is 5.56 Å². The van der Waals surface area contributed by atoms with E-state index in [1.807, 2.05) is 37.3 Å². The fourth-order valence-electron chi connectivity index (χ4n) is 2.64. The van der Waals surface area contributed by atoms with Crippen molar-refractivity contribution in [3.05, 3.63) is 70.0 Å². The second-order valence-corrected chi connectivity index (χ2v) is 6.97. The lowest BCUT2D eigenvalue weighted by Crippen LogP contribution is -2.24. The minimum Gasteiger partial charge on any atom is -0.396 e. The lowest BCUT2D eigenvalue weighted by Gasteiger charge is -2.12. The second kappa shape index (κ2) is 8.29. The fraction of sp³-hybridized carbons (Fsp3) is 0.250. The molecule has 0 amide bonds. The molecule has 134 valence electrons. The van der Waals surface area contributed by atoms with Gasteiger partial charge < -0.3 is 5.11 Å². The van der Waals surface area contributed by atoms with Crippen molar-refractivity contribution in [2.75, 3.05) is 12.4 Å². The fourth-order valence-corrected chi connectivity index (χ4v) is 3.56. The zero-order valence-corrected chi connectivity index (χ0v) is 15.3. The monoisotopic (exact) mass is 368 g/mol. The number of carbonyl (C=O) groups excluding carboxylic acids is 1. The minimum atomic E-state index is -0.144. The van der Waals surface area contributed by atoms with E-state index >= 15 is 0 Å². The molecule has 0 bridgehead atoms. The van der Waals surface area contributed by atoms with E-state index in [2.05, 4.69) is 4.98 Å². The smallest absolute Gasteiger partial charge is 0.262 e. The number of Topliss-reactive ketones (excluding diaryl/α,β-unsaturated/α-hetero) is 1. The average molecular weight is 368 g/mol. The van der Waals surface area contributed by atoms with Crippen molar-refractivity contribution in [1.82, 2.24) is 9.55 Å². The molecule has 0 aliphatic carbocycles. The van der Waals surface area contributed by atoms with Crippen molar-refractivity contribution in [2.45, 2.75) is 25.0 Å². The van der Waals surface area contributed by atoms with E-state index in [0.717, 1.165) is 5.56 Å². The number of hydrogen-bond donors (Lipinski definition) is 1. The summed E-state index contributed by atoms with van der Waals surface area (Å²) in [7, 11) is 0. The first kappa shape index (κ1) is 18.4. The number of nitrogens with zero attached hydrogens (tertiary/aromatic N) is 2. The molecular formula is C20H20N2O3S. The second-order valence-electron chi connectivity index (χ2n) is 6.02. The summed E-state index contributed by atoms with van der Waals surface area (Å²) in [5.41, 5.74) is 2.22. The van der Waals surface area contributed by atoms with Crippen molar-refractivity contribution in [3.63, 3.8) is 0 Å². The van der Waals surface area contributed by atoms with Crippen molar-refractivity contribution >= 4 is 28.4 Å². The van der Waals surface area contributed by atoms with E-state index in [-0.39, 0.29) is 23.7 Å². The summed E-state index contributed by atoms with van der Waals surface area (Å²) in [6.07, 6.45) is 0.458. The third-order valence-corrected chi connectivity index (χ3v) is 5.05. The normalized spacial score (nSPS) is 11.0. The molecule has 0 spiro atoms. The largest absolute Gasteiger partial charge is 0.396 e. The highest BCUT2D eigenvalue weighted by molar-refractivity contribution is 7.99. The first-order chi connectivity index (χ1) is 12.6. The summed E-state index contributed by atoms with van der Waals surface area (Å²) >= 11 is 1.25. The van der Waals surface area contributed by atoms with Crippen molar-refractivity contribution < 1.29 is 9.90 Å². The van der Waals surface area contributed by atoms with Gasteiger partial charge in [-0.15, -0.1) is 0 Å². The van der Waals surface area contributed by atoms with Gasteiger partial charge in [0.1, 0.15) is 0 Å². The Morgan fingerprint density at radius 2 is 1.88 bits per heavy atom. The molecule has 0 aliphatic heterocycles. The van der Waals surface area contributed by atoms with Crippen molar-refractivity contribution in [1.29, 1.82) is 0 Å². The molecule has 5 nitrogen and oxygen atoms in total. The van der Waals surface area contributed by atoms with Crippen LogP contribution in [0.15, 0.2) is 58.5 Å². The highest BCUT2D eigenvalue weighted by Crippen LogP contribution is 2.19. The highest BCUT2D eigenvalue weighted by atomic mass is 32.2. The zero-order valence-electron chi connectivity index (χ0n) is 14.5. The summed E-state index contributed by atoms with van der Waals surface area (Å²) in [5.74, 6) is 0.193. The summed E-state index contributed by atoms with van der Waals surface area (Å²) in [5, 5.41) is 10.2. The van der Waals surface area contributed by atoms with Crippen LogP contribution in [0.5, 0.6) is 0 Å². The van der Waals surface area contributed by atoms with Gasteiger partial charge in [0.2, 0.25) is 0 Å². The predicted octanol–water partition coefficient (Wildman–Crippen LogP) is 3.06. The Balaban J connectivity index is 1.89. The average Bonchev–Trinajstić information content (AvgIpc) is 2.66. The number of aliphatic hydroxyl groups is 1. The van der Waals surface area contributed by atoms with Gasteiger partial charge in [0, 0.05) is 18.7 Å². The summed E-state index contributed by atoms with van der Waals surface area (Å²) in [4.78, 5) is 29.7. The van der Waals surface area contributed by atoms with Gasteiger partial charge in [-0.05, 0) is 25.5 Å². The van der Waals surface area contributed by atoms with Crippen molar-refractivity contribution in [3.8, 4) is 0 Å². The molecule has 2 aromatic carbocycles. The van der Waals surface area contributed by atoms with Gasteiger partial charge in [0.05, 0.1) is 16.7 Å². The van der Waals surface area contributed by atoms with Gasteiger partial charge in [-0.1, -0.05) is 53.7 Å². The Bertz CT molecular complexity index is 981. The van der Waals surface area contributed by atoms with Crippen LogP contribution >= 0.6 is 11.8 Å². The summed E-state index contributed by atoms with van der Waals surface area (Å²) in [6, 6.07) is 14.6. The topological polar surface area (TPSA) is 72.2 Å². The van der Waals surface area contributed by atoms with Crippen LogP contribution in [-0.2, 0) is 6.54 Å². The Hall–Kier alpha value is -2.44. The number of para-hydroxylation sites is 1. The van der Waals surface area contributed by atoms with Gasteiger partial charge in [-0.2, -0.15) is 0 Å². The number of thioether (sulfide) groups is 1. The Kier molecular flexibility index (Phi) is 5.85. The van der Waals surface area contributed by atoms with Gasteiger partial charge >= 0.3 is 0 Å². The third-order valence-electron chi connectivity index (χ3n) is 4.07. The van der Waals surface area contributed by atoms with E-state index in [0.29, 0.717) is 34.6 Å². The number of ketones is 1. The standard InChI is InChI=1S/C20H20N2O3S/c1-14-7-9-15(10-8-14)18(24)13-26-20-21-17-6-3-2-5-16(17)19(25)22(20)11-4-12-23/h2-3,5-10,23H,4,11-13H2,1H3. The Morgan fingerprint density at radius 3 is 2.62 bits per heavy atom. The number of hydrogen-bond acceptors (Lipinski definition) is 5. The molecule has 0 saturated heterocycles. The molecule has 6 heteroatoms. The maximum Gasteiger partial charge on any atom is 0.262 e. The third kappa shape index (κ3) is 4.03. The Morgan fingerprint density at radius 1 is 1.15 bits per heavy atom. The molecule has 0 saturated carbocycles. The summed E-state index contributed by atoms with van der Waals surface area (Å²) < 4.78 is 1.55. The van der Waals surface area contributed by atoms with Crippen LogP contribution in [0.2, 0.25) is 0 Å². The number of aliphatic hydroxyl groups excluding tert-OH is 1. The zero-order chi connectivity index (χ0) is 18.5. The van der Waals surface area contributed by atoms with E-state index in [9.17, 15) is 9.59 Å². The molecule has 1 N–H and O–H groups in total. The van der Waals surface area contributed by atoms with Gasteiger partial charge in [0.15, 0.2) is 10.9 Å². The van der Waals surface area contributed by atoms with Crippen LogP contribution in [-0.4, -0.2) is 32.8 Å². The van der Waals surface area contributed by atoms with Crippen LogP contribution in [0.1, 0.15) is 22.3 Å². The molecule has 0 radical (unpaired) electrons. The molecule has 26 heavy (non-hydrogen) atoms. The van der Waals surface area contributed by atoms with Crippen LogP contribution in [0.25, 0.3) is 10.9 Å². The molecular weight excluding hydrogens is 348 g/mol. The maximum atomic E-state index is 12.8. The summed E-state index contributed by atoms with van der Waals surface area (Å²) in [6.45, 7) is 2.34. The molecule has 3 aromatic rings. The maximum absolute atomic E-state index is 12.8. The number of aromatic nitrogens is 2. The number of benzene rings is 2. The number of aryl methyl sites for hydroxylation is 1. The van der Waals surface area contributed by atoms with Crippen LogP contribution in [0.3, 0.4) is 0 Å². The molecule has 1 heterocycles. The molecule has 3 rings (SSSR count). The van der Waals surface area contributed by atoms with E-state index in [1.165, 1.54) is 11.8 Å². The van der Waals surface area contributed by atoms with E-state index in [1.54, 1.807) is 22.8 Å². The van der Waals surface area contributed by atoms with E-state index in [4.69, 9.17) is 5.11 Å². The predicted molar refractivity (Wildman–Crippen MR) is 104 cm³/mol. The van der Waals surface area contributed by atoms with Gasteiger partial charge in [0.25, 0.3) is 5.56 Å². The SMILES string of the molecule is Cc1ccc(C(=O)CSc2nc3ccccc3c(=O)n2CCCO)cc1. The van der Waals surface area contributed by atoms with Gasteiger partial charge in [-0.3, -0.25) is 14.2 Å². The van der Waals surface area contributed by atoms with Crippen LogP contribution in [0, 0.1) is 6.92 Å². The first-order valence-corrected chi connectivity index (χ1v) is 9.42. The highest BCUT2D eigenvalue weighted by Gasteiger charge is 2.14. The minimum absolute atomic E-state index is 0.00823. The molecule has 0 fully saturated rings. The number of carbonyl (C=O) groups is 1. The number of fused-ring (bicyclic) bond motifs is 1. The molecule has 0 unspecified atom stereocenters. The Labute approximate surface area is 155 Å². The van der Waals surface area contributed by atoms with E-state index < -0.39 is 0 Å². The van der Waals surface area contributed by atoms with Crippen molar-refractivity contribution in [2.24, 2.45) is 0 Å². The quantitative estimate of drug-likeness (QED) is 0.394. The lowest BCUT2D eigenvalue weighted by molar-refractivity contribution is 0.102. The number of rotatable bonds is 7. The molecule has 0 aliphatic rings. The molecule has 0 atom stereocenters.